The van der Waals surface area contributed by atoms with Gasteiger partial charge >= 0.3 is 0 Å². The Morgan fingerprint density at radius 2 is 2.29 bits per heavy atom. The zero-order chi connectivity index (χ0) is 12.3. The van der Waals surface area contributed by atoms with Crippen LogP contribution in [0, 0.1) is 5.82 Å². The number of hydrogen-bond acceptors (Lipinski definition) is 2. The first kappa shape index (κ1) is 11.9. The van der Waals surface area contributed by atoms with Crippen molar-refractivity contribution in [3.05, 3.63) is 47.8 Å². The maximum atomic E-state index is 13.5. The number of rotatable bonds is 4. The number of aromatic nitrogens is 2. The third kappa shape index (κ3) is 2.77. The first-order chi connectivity index (χ1) is 8.22. The van der Waals surface area contributed by atoms with Crippen molar-refractivity contribution in [3.63, 3.8) is 0 Å². The highest BCUT2D eigenvalue weighted by Crippen LogP contribution is 2.18. The van der Waals surface area contributed by atoms with E-state index in [2.05, 4.69) is 4.98 Å². The van der Waals surface area contributed by atoms with E-state index in [-0.39, 0.29) is 11.6 Å². The molecule has 0 saturated carbocycles. The summed E-state index contributed by atoms with van der Waals surface area (Å²) >= 11 is 5.66. The summed E-state index contributed by atoms with van der Waals surface area (Å²) in [5.41, 5.74) is 1.66. The molecule has 0 amide bonds. The van der Waals surface area contributed by atoms with Crippen LogP contribution < -0.4 is 4.74 Å². The van der Waals surface area contributed by atoms with Crippen LogP contribution in [-0.2, 0) is 12.4 Å². The summed E-state index contributed by atoms with van der Waals surface area (Å²) in [7, 11) is 1.45. The van der Waals surface area contributed by atoms with E-state index >= 15 is 0 Å². The summed E-state index contributed by atoms with van der Waals surface area (Å²) in [6.45, 7) is 0.560. The number of nitrogens with zero attached hydrogens (tertiary/aromatic N) is 2. The molecule has 0 aliphatic carbocycles. The number of methoxy groups -OCH3 is 1. The summed E-state index contributed by atoms with van der Waals surface area (Å²) < 4.78 is 20.2. The molecule has 3 nitrogen and oxygen atoms in total. The van der Waals surface area contributed by atoms with Gasteiger partial charge in [0.25, 0.3) is 0 Å². The minimum Gasteiger partial charge on any atom is -0.494 e. The molecule has 2 rings (SSSR count). The van der Waals surface area contributed by atoms with Crippen LogP contribution in [0.1, 0.15) is 11.3 Å². The quantitative estimate of drug-likeness (QED) is 0.785. The van der Waals surface area contributed by atoms with Crippen molar-refractivity contribution in [2.45, 2.75) is 12.4 Å². The average molecular weight is 255 g/mol. The molecular weight excluding hydrogens is 243 g/mol. The highest BCUT2D eigenvalue weighted by molar-refractivity contribution is 6.16. The van der Waals surface area contributed by atoms with E-state index in [1.54, 1.807) is 12.4 Å². The fourth-order valence-electron chi connectivity index (χ4n) is 1.58. The summed E-state index contributed by atoms with van der Waals surface area (Å²) in [5.74, 6) is 0.271. The first-order valence-corrected chi connectivity index (χ1v) is 5.65. The highest BCUT2D eigenvalue weighted by Gasteiger charge is 2.04. The van der Waals surface area contributed by atoms with Gasteiger partial charge in [0.2, 0.25) is 0 Å². The normalized spacial score (nSPS) is 10.5. The maximum Gasteiger partial charge on any atom is 0.165 e. The van der Waals surface area contributed by atoms with Crippen molar-refractivity contribution >= 4 is 11.6 Å². The minimum atomic E-state index is -0.359. The summed E-state index contributed by atoms with van der Waals surface area (Å²) in [5, 5.41) is 0. The van der Waals surface area contributed by atoms with Crippen LogP contribution in [0.25, 0.3) is 0 Å². The minimum absolute atomic E-state index is 0.251. The monoisotopic (exact) mass is 254 g/mol. The van der Waals surface area contributed by atoms with Gasteiger partial charge in [-0.15, -0.1) is 11.6 Å². The van der Waals surface area contributed by atoms with E-state index in [1.165, 1.54) is 13.2 Å². The highest BCUT2D eigenvalue weighted by atomic mass is 35.5. The smallest absolute Gasteiger partial charge is 0.165 e. The molecule has 0 radical (unpaired) electrons. The number of hydrogen-bond donors (Lipinski definition) is 0. The lowest BCUT2D eigenvalue weighted by Gasteiger charge is -2.05. The van der Waals surface area contributed by atoms with Crippen LogP contribution in [0.15, 0.2) is 30.7 Å². The van der Waals surface area contributed by atoms with Crippen molar-refractivity contribution in [2.75, 3.05) is 7.11 Å². The molecule has 0 aliphatic rings. The second-order valence-corrected chi connectivity index (χ2v) is 3.91. The molecule has 0 bridgehead atoms. The topological polar surface area (TPSA) is 27.1 Å². The van der Waals surface area contributed by atoms with E-state index in [1.807, 2.05) is 16.8 Å². The zero-order valence-electron chi connectivity index (χ0n) is 9.36. The third-order valence-electron chi connectivity index (χ3n) is 2.40. The molecule has 0 unspecified atom stereocenters. The van der Waals surface area contributed by atoms with Gasteiger partial charge < -0.3 is 9.30 Å². The molecule has 0 spiro atoms. The van der Waals surface area contributed by atoms with E-state index in [4.69, 9.17) is 16.3 Å². The Labute approximate surface area is 104 Å². The van der Waals surface area contributed by atoms with Crippen molar-refractivity contribution < 1.29 is 9.13 Å². The Bertz CT molecular complexity index is 513. The Morgan fingerprint density at radius 1 is 1.47 bits per heavy atom. The van der Waals surface area contributed by atoms with Gasteiger partial charge in [0.1, 0.15) is 0 Å². The second kappa shape index (κ2) is 5.19. The number of ether oxygens (including phenoxy) is 1. The molecule has 1 aromatic carbocycles. The van der Waals surface area contributed by atoms with Crippen LogP contribution in [0.5, 0.6) is 5.75 Å². The Balaban J connectivity index is 2.15. The maximum absolute atomic E-state index is 13.5. The van der Waals surface area contributed by atoms with Crippen LogP contribution >= 0.6 is 11.6 Å². The van der Waals surface area contributed by atoms with E-state index in [0.717, 1.165) is 11.3 Å². The molecule has 0 N–H and O–H groups in total. The molecule has 90 valence electrons. The Morgan fingerprint density at radius 3 is 2.88 bits per heavy atom. The predicted octanol–water partition coefficient (Wildman–Crippen LogP) is 2.82. The van der Waals surface area contributed by atoms with Gasteiger partial charge in [-0.05, 0) is 17.7 Å². The van der Waals surface area contributed by atoms with Gasteiger partial charge in [-0.25, -0.2) is 9.37 Å². The van der Waals surface area contributed by atoms with Gasteiger partial charge in [0.15, 0.2) is 11.6 Å². The van der Waals surface area contributed by atoms with Crippen LogP contribution in [0.2, 0.25) is 0 Å². The second-order valence-electron chi connectivity index (χ2n) is 3.64. The zero-order valence-corrected chi connectivity index (χ0v) is 10.1. The summed E-state index contributed by atoms with van der Waals surface area (Å²) in [6, 6.07) is 4.89. The molecule has 0 atom stereocenters. The van der Waals surface area contributed by atoms with Crippen molar-refractivity contribution in [3.8, 4) is 5.75 Å². The Kier molecular flexibility index (Phi) is 3.64. The van der Waals surface area contributed by atoms with Crippen molar-refractivity contribution in [1.82, 2.24) is 9.55 Å². The van der Waals surface area contributed by atoms with E-state index < -0.39 is 0 Å². The molecule has 1 heterocycles. The van der Waals surface area contributed by atoms with Crippen molar-refractivity contribution in [1.29, 1.82) is 0 Å². The fourth-order valence-corrected chi connectivity index (χ4v) is 1.72. The van der Waals surface area contributed by atoms with Crippen LogP contribution in [-0.4, -0.2) is 16.7 Å². The van der Waals surface area contributed by atoms with Crippen molar-refractivity contribution in [2.24, 2.45) is 0 Å². The first-order valence-electron chi connectivity index (χ1n) is 5.12. The lowest BCUT2D eigenvalue weighted by molar-refractivity contribution is 0.386. The average Bonchev–Trinajstić information content (AvgIpc) is 2.77. The van der Waals surface area contributed by atoms with Gasteiger partial charge in [0.05, 0.1) is 25.0 Å². The van der Waals surface area contributed by atoms with E-state index in [0.29, 0.717) is 12.4 Å². The number of imidazole rings is 1. The van der Waals surface area contributed by atoms with Gasteiger partial charge in [-0.3, -0.25) is 0 Å². The van der Waals surface area contributed by atoms with E-state index in [9.17, 15) is 4.39 Å². The molecule has 2 aromatic rings. The molecule has 0 fully saturated rings. The van der Waals surface area contributed by atoms with Crippen LogP contribution in [0.3, 0.4) is 0 Å². The number of halogens is 2. The third-order valence-corrected chi connectivity index (χ3v) is 2.68. The SMILES string of the molecule is COc1ccc(Cn2cnc(CCl)c2)cc1F. The summed E-state index contributed by atoms with van der Waals surface area (Å²) in [4.78, 5) is 4.10. The largest absolute Gasteiger partial charge is 0.494 e. The van der Waals surface area contributed by atoms with Gasteiger partial charge in [0, 0.05) is 12.7 Å². The lowest BCUT2D eigenvalue weighted by Crippen LogP contribution is -1.98. The number of alkyl halides is 1. The summed E-state index contributed by atoms with van der Waals surface area (Å²) in [6.07, 6.45) is 3.52. The van der Waals surface area contributed by atoms with Gasteiger partial charge in [-0.1, -0.05) is 6.07 Å². The Hall–Kier alpha value is -1.55. The lowest BCUT2D eigenvalue weighted by atomic mass is 10.2. The molecule has 1 aromatic heterocycles. The molecule has 17 heavy (non-hydrogen) atoms. The van der Waals surface area contributed by atoms with Gasteiger partial charge in [-0.2, -0.15) is 0 Å². The predicted molar refractivity (Wildman–Crippen MR) is 63.8 cm³/mol. The number of benzene rings is 1. The molecule has 0 saturated heterocycles. The van der Waals surface area contributed by atoms with Crippen LogP contribution in [0.4, 0.5) is 4.39 Å². The molecule has 5 heteroatoms. The molecular formula is C12H12ClFN2O. The fraction of sp³-hybridized carbons (Fsp3) is 0.250. The standard InChI is InChI=1S/C12H12ClFN2O/c1-17-12-3-2-9(4-11(12)14)6-16-7-10(5-13)15-8-16/h2-4,7-8H,5-6H2,1H3. The molecule has 0 aliphatic heterocycles.